The summed E-state index contributed by atoms with van der Waals surface area (Å²) in [5.74, 6) is 4.59. The van der Waals surface area contributed by atoms with E-state index in [0.717, 1.165) is 5.56 Å². The molecule has 0 fully saturated rings. The Morgan fingerprint density at radius 3 is 2.63 bits per heavy atom. The highest BCUT2D eigenvalue weighted by Crippen LogP contribution is 2.30. The van der Waals surface area contributed by atoms with Crippen LogP contribution in [0.1, 0.15) is 26.5 Å². The van der Waals surface area contributed by atoms with E-state index >= 15 is 0 Å². The second kappa shape index (κ2) is 7.30. The van der Waals surface area contributed by atoms with Gasteiger partial charge >= 0.3 is 0 Å². The van der Waals surface area contributed by atoms with E-state index in [0.29, 0.717) is 22.2 Å². The summed E-state index contributed by atoms with van der Waals surface area (Å²) in [5.41, 5.74) is 4.05. The van der Waals surface area contributed by atoms with Gasteiger partial charge in [0.05, 0.1) is 16.0 Å². The van der Waals surface area contributed by atoms with Crippen LogP contribution in [0.5, 0.6) is 0 Å². The summed E-state index contributed by atoms with van der Waals surface area (Å²) in [6, 6.07) is 14.4. The number of carbonyl (C=O) groups excluding carboxylic acids is 2. The maximum atomic E-state index is 13.1. The molecule has 0 saturated carbocycles. The van der Waals surface area contributed by atoms with E-state index in [1.54, 1.807) is 43.3 Å². The number of nitrogens with zero attached hydrogens (tertiary/aromatic N) is 2. The van der Waals surface area contributed by atoms with Gasteiger partial charge in [0.2, 0.25) is 0 Å². The summed E-state index contributed by atoms with van der Waals surface area (Å²) in [6.45, 7) is 1.79. The number of nitrogens with one attached hydrogen (secondary N) is 1. The van der Waals surface area contributed by atoms with E-state index in [2.05, 4.69) is 5.43 Å². The molecular weight excluding hydrogens is 388 g/mol. The second-order valence-corrected chi connectivity index (χ2v) is 6.63. The van der Waals surface area contributed by atoms with Crippen molar-refractivity contribution in [2.45, 2.75) is 6.92 Å². The number of para-hydroxylation sites is 1. The number of furan rings is 1. The largest absolute Gasteiger partial charge is 0.451 e. The maximum absolute atomic E-state index is 13.1. The topological polar surface area (TPSA) is 133 Å². The molecule has 0 unspecified atom stereocenters. The fourth-order valence-corrected chi connectivity index (χ4v) is 3.31. The quantitative estimate of drug-likeness (QED) is 0.232. The zero-order chi connectivity index (χ0) is 21.4. The van der Waals surface area contributed by atoms with Gasteiger partial charge in [-0.3, -0.25) is 29.7 Å². The number of benzene rings is 2. The van der Waals surface area contributed by atoms with Crippen LogP contribution >= 0.6 is 0 Å². The van der Waals surface area contributed by atoms with E-state index in [4.69, 9.17) is 10.3 Å². The number of nitro groups is 1. The van der Waals surface area contributed by atoms with Crippen molar-refractivity contribution in [3.05, 3.63) is 87.8 Å². The lowest BCUT2D eigenvalue weighted by molar-refractivity contribution is -0.384. The predicted molar refractivity (Wildman–Crippen MR) is 109 cm³/mol. The minimum atomic E-state index is -0.523. The molecular formula is C21H16N4O5. The van der Waals surface area contributed by atoms with Crippen LogP contribution in [0.2, 0.25) is 0 Å². The summed E-state index contributed by atoms with van der Waals surface area (Å²) in [5, 5.41) is 11.6. The van der Waals surface area contributed by atoms with Crippen molar-refractivity contribution in [1.82, 2.24) is 9.99 Å². The number of hydrazine groups is 1. The molecule has 150 valence electrons. The van der Waals surface area contributed by atoms with Gasteiger partial charge < -0.3 is 4.42 Å². The Morgan fingerprint density at radius 1 is 1.13 bits per heavy atom. The maximum Gasteiger partial charge on any atom is 0.298 e. The monoisotopic (exact) mass is 404 g/mol. The lowest BCUT2D eigenvalue weighted by Crippen LogP contribution is -2.29. The van der Waals surface area contributed by atoms with Gasteiger partial charge in [0.25, 0.3) is 17.5 Å². The van der Waals surface area contributed by atoms with Crippen molar-refractivity contribution < 1.29 is 18.9 Å². The summed E-state index contributed by atoms with van der Waals surface area (Å²) in [4.78, 5) is 35.7. The molecule has 0 radical (unpaired) electrons. The van der Waals surface area contributed by atoms with Crippen LogP contribution in [0.3, 0.4) is 0 Å². The number of amides is 1. The Morgan fingerprint density at radius 2 is 1.90 bits per heavy atom. The number of carbonyl (C=O) groups is 2. The van der Waals surface area contributed by atoms with Gasteiger partial charge in [-0.25, -0.2) is 5.84 Å². The number of non-ortho nitro benzene ring substituents is 1. The average molecular weight is 404 g/mol. The standard InChI is InChI=1S/C21H16N4O5/c1-12-6-7-13(25(28)29)10-15(12)18-8-9-19(30-18)21(27)24-11-16(20(26)23-22)14-4-2-3-5-17(14)24/h2-11H,22H2,1H3,(H,23,26). The van der Waals surface area contributed by atoms with Crippen molar-refractivity contribution >= 4 is 28.4 Å². The van der Waals surface area contributed by atoms with Gasteiger partial charge in [0.1, 0.15) is 5.76 Å². The molecule has 2 aromatic carbocycles. The highest BCUT2D eigenvalue weighted by molar-refractivity contribution is 6.10. The number of hydrogen-bond acceptors (Lipinski definition) is 6. The summed E-state index contributed by atoms with van der Waals surface area (Å²) in [6.07, 6.45) is 1.40. The lowest BCUT2D eigenvalue weighted by Gasteiger charge is -2.03. The molecule has 2 heterocycles. The van der Waals surface area contributed by atoms with E-state index in [1.165, 1.54) is 29.0 Å². The number of aromatic nitrogens is 1. The number of fused-ring (bicyclic) bond motifs is 1. The molecule has 9 heteroatoms. The SMILES string of the molecule is Cc1ccc([N+](=O)[O-])cc1-c1ccc(C(=O)n2cc(C(=O)NN)c3ccccc32)o1. The first kappa shape index (κ1) is 19.1. The molecule has 0 aliphatic heterocycles. The van der Waals surface area contributed by atoms with E-state index in [-0.39, 0.29) is 17.0 Å². The normalized spacial score (nSPS) is 10.9. The molecule has 0 aliphatic carbocycles. The van der Waals surface area contributed by atoms with E-state index < -0.39 is 16.7 Å². The Balaban J connectivity index is 1.77. The van der Waals surface area contributed by atoms with Gasteiger partial charge in [0.15, 0.2) is 5.76 Å². The molecule has 0 aliphatic rings. The number of aryl methyl sites for hydroxylation is 1. The smallest absolute Gasteiger partial charge is 0.298 e. The molecule has 0 saturated heterocycles. The summed E-state index contributed by atoms with van der Waals surface area (Å²) < 4.78 is 7.04. The van der Waals surface area contributed by atoms with E-state index in [9.17, 15) is 19.7 Å². The third-order valence-corrected chi connectivity index (χ3v) is 4.82. The van der Waals surface area contributed by atoms with Gasteiger partial charge in [-0.2, -0.15) is 0 Å². The van der Waals surface area contributed by atoms with Crippen LogP contribution in [0, 0.1) is 17.0 Å². The van der Waals surface area contributed by atoms with Crippen molar-refractivity contribution in [3.63, 3.8) is 0 Å². The van der Waals surface area contributed by atoms with E-state index in [1.807, 2.05) is 0 Å². The van der Waals surface area contributed by atoms with Crippen LogP contribution < -0.4 is 11.3 Å². The number of nitro benzene ring substituents is 1. The van der Waals surface area contributed by atoms with Gasteiger partial charge in [-0.05, 0) is 30.7 Å². The van der Waals surface area contributed by atoms with Crippen molar-refractivity contribution in [2.24, 2.45) is 5.84 Å². The van der Waals surface area contributed by atoms with Crippen LogP contribution in [0.25, 0.3) is 22.2 Å². The zero-order valence-electron chi connectivity index (χ0n) is 15.8. The minimum absolute atomic E-state index is 0.0244. The molecule has 1 amide bonds. The van der Waals surface area contributed by atoms with Crippen molar-refractivity contribution in [3.8, 4) is 11.3 Å². The van der Waals surface area contributed by atoms with Crippen LogP contribution in [0.4, 0.5) is 5.69 Å². The molecule has 3 N–H and O–H groups in total. The first-order valence-corrected chi connectivity index (χ1v) is 8.91. The third kappa shape index (κ3) is 3.12. The molecule has 4 aromatic rings. The van der Waals surface area contributed by atoms with Crippen molar-refractivity contribution in [1.29, 1.82) is 0 Å². The average Bonchev–Trinajstić information content (AvgIpc) is 3.38. The zero-order valence-corrected chi connectivity index (χ0v) is 15.8. The van der Waals surface area contributed by atoms with Gasteiger partial charge in [-0.1, -0.05) is 24.3 Å². The molecule has 9 nitrogen and oxygen atoms in total. The molecule has 0 spiro atoms. The highest BCUT2D eigenvalue weighted by Gasteiger charge is 2.22. The Bertz CT molecular complexity index is 1320. The Hall–Kier alpha value is -4.24. The minimum Gasteiger partial charge on any atom is -0.451 e. The first-order valence-electron chi connectivity index (χ1n) is 8.91. The Labute approximate surface area is 169 Å². The van der Waals surface area contributed by atoms with Gasteiger partial charge in [0, 0.05) is 29.3 Å². The first-order chi connectivity index (χ1) is 14.4. The number of rotatable bonds is 4. The molecule has 2 aromatic heterocycles. The third-order valence-electron chi connectivity index (χ3n) is 4.82. The molecule has 0 bridgehead atoms. The molecule has 0 atom stereocenters. The second-order valence-electron chi connectivity index (χ2n) is 6.63. The summed E-state index contributed by atoms with van der Waals surface area (Å²) >= 11 is 0. The van der Waals surface area contributed by atoms with Crippen LogP contribution in [-0.4, -0.2) is 21.3 Å². The lowest BCUT2D eigenvalue weighted by atomic mass is 10.1. The number of nitrogen functional groups attached to an aromatic ring is 1. The van der Waals surface area contributed by atoms with Crippen LogP contribution in [0.15, 0.2) is 65.2 Å². The van der Waals surface area contributed by atoms with Crippen LogP contribution in [-0.2, 0) is 0 Å². The molecule has 4 rings (SSSR count). The fraction of sp³-hybridized carbons (Fsp3) is 0.0476. The molecule has 30 heavy (non-hydrogen) atoms. The number of nitrogens with two attached hydrogens (primary N) is 1. The summed E-state index contributed by atoms with van der Waals surface area (Å²) in [7, 11) is 0. The predicted octanol–water partition coefficient (Wildman–Crippen LogP) is 3.41. The Kier molecular flexibility index (Phi) is 4.65. The highest BCUT2D eigenvalue weighted by atomic mass is 16.6. The number of hydrogen-bond donors (Lipinski definition) is 2. The van der Waals surface area contributed by atoms with Crippen molar-refractivity contribution in [2.75, 3.05) is 0 Å². The fourth-order valence-electron chi connectivity index (χ4n) is 3.31. The van der Waals surface area contributed by atoms with Gasteiger partial charge in [-0.15, -0.1) is 0 Å².